The van der Waals surface area contributed by atoms with Crippen molar-refractivity contribution in [2.45, 2.75) is 25.5 Å². The van der Waals surface area contributed by atoms with E-state index in [1.165, 1.54) is 0 Å². The summed E-state index contributed by atoms with van der Waals surface area (Å²) >= 11 is 1.61. The molecular weight excluding hydrogens is 368 g/mol. The van der Waals surface area contributed by atoms with Crippen molar-refractivity contribution in [3.63, 3.8) is 0 Å². The first kappa shape index (κ1) is 18.5. The van der Waals surface area contributed by atoms with E-state index >= 15 is 0 Å². The number of carbonyl (C=O) groups is 1. The molecule has 0 aliphatic rings. The first-order chi connectivity index (χ1) is 12.4. The number of hydrogen-bond donors (Lipinski definition) is 1. The fourth-order valence-corrected chi connectivity index (χ4v) is 4.93. The third-order valence-electron chi connectivity index (χ3n) is 3.87. The number of nitrogens with zero attached hydrogens (tertiary/aromatic N) is 1. The molecule has 1 N–H and O–H groups in total. The van der Waals surface area contributed by atoms with Crippen LogP contribution in [-0.2, 0) is 20.4 Å². The Hall–Kier alpha value is -2.25. The number of carbonyl (C=O) groups excluding carboxylic acids is 1. The second-order valence-corrected chi connectivity index (χ2v) is 9.56. The van der Waals surface area contributed by atoms with E-state index in [0.717, 1.165) is 20.8 Å². The van der Waals surface area contributed by atoms with Gasteiger partial charge in [0.05, 0.1) is 26.7 Å². The predicted molar refractivity (Wildman–Crippen MR) is 106 cm³/mol. The lowest BCUT2D eigenvalue weighted by molar-refractivity contribution is -0.116. The average Bonchev–Trinajstić information content (AvgIpc) is 2.94. The number of rotatable bonds is 7. The van der Waals surface area contributed by atoms with Gasteiger partial charge in [-0.3, -0.25) is 4.79 Å². The number of thiazole rings is 1. The first-order valence-corrected chi connectivity index (χ1v) is 11.0. The van der Waals surface area contributed by atoms with E-state index in [1.54, 1.807) is 23.5 Å². The van der Waals surface area contributed by atoms with E-state index in [9.17, 15) is 13.2 Å². The van der Waals surface area contributed by atoms with Gasteiger partial charge in [-0.2, -0.15) is 0 Å². The molecule has 3 aromatic rings. The Morgan fingerprint density at radius 1 is 1.15 bits per heavy atom. The summed E-state index contributed by atoms with van der Waals surface area (Å²) in [6.45, 7) is 1.94. The monoisotopic (exact) mass is 388 g/mol. The molecule has 0 unspecified atom stereocenters. The topological polar surface area (TPSA) is 76.1 Å². The molecule has 2 aromatic carbocycles. The van der Waals surface area contributed by atoms with Crippen LogP contribution in [0.4, 0.5) is 5.69 Å². The molecule has 0 saturated carbocycles. The van der Waals surface area contributed by atoms with Crippen LogP contribution in [-0.4, -0.2) is 25.1 Å². The molecule has 1 heterocycles. The summed E-state index contributed by atoms with van der Waals surface area (Å²) in [7, 11) is -3.22. The fraction of sp³-hybridized carbons (Fsp3) is 0.263. The second kappa shape index (κ2) is 7.97. The van der Waals surface area contributed by atoms with Gasteiger partial charge < -0.3 is 5.32 Å². The number of benzene rings is 2. The Balaban J connectivity index is 1.50. The van der Waals surface area contributed by atoms with Gasteiger partial charge in [-0.1, -0.05) is 30.3 Å². The van der Waals surface area contributed by atoms with E-state index in [-0.39, 0.29) is 23.8 Å². The zero-order valence-corrected chi connectivity index (χ0v) is 16.1. The van der Waals surface area contributed by atoms with Gasteiger partial charge in [-0.05, 0) is 37.1 Å². The molecule has 136 valence electrons. The number of aromatic nitrogens is 1. The number of fused-ring (bicyclic) bond motifs is 1. The fourth-order valence-electron chi connectivity index (χ4n) is 2.70. The highest BCUT2D eigenvalue weighted by Gasteiger charge is 2.13. The highest BCUT2D eigenvalue weighted by molar-refractivity contribution is 7.90. The van der Waals surface area contributed by atoms with Gasteiger partial charge in [0.15, 0.2) is 9.84 Å². The van der Waals surface area contributed by atoms with Gasteiger partial charge in [0.25, 0.3) is 0 Å². The van der Waals surface area contributed by atoms with Crippen molar-refractivity contribution in [3.05, 3.63) is 59.1 Å². The van der Waals surface area contributed by atoms with Gasteiger partial charge in [0, 0.05) is 12.1 Å². The Morgan fingerprint density at radius 3 is 2.69 bits per heavy atom. The number of hydrogen-bond acceptors (Lipinski definition) is 5. The predicted octanol–water partition coefficient (Wildman–Crippen LogP) is 3.94. The molecule has 0 fully saturated rings. The summed E-state index contributed by atoms with van der Waals surface area (Å²) < 4.78 is 25.4. The standard InChI is InChI=1S/C19H20N2O3S2/c1-14-20-17-12-16(9-10-18(17)25-14)21-19(22)8-5-11-26(23,24)13-15-6-3-2-4-7-15/h2-4,6-7,9-10,12H,5,8,11,13H2,1H3,(H,21,22). The molecule has 0 bridgehead atoms. The molecule has 3 rings (SSSR count). The molecule has 0 saturated heterocycles. The molecule has 0 aliphatic heterocycles. The quantitative estimate of drug-likeness (QED) is 0.665. The third kappa shape index (κ3) is 5.12. The highest BCUT2D eigenvalue weighted by Crippen LogP contribution is 2.24. The lowest BCUT2D eigenvalue weighted by Gasteiger charge is -2.06. The molecular formula is C19H20N2O3S2. The van der Waals surface area contributed by atoms with E-state index in [1.807, 2.05) is 43.3 Å². The van der Waals surface area contributed by atoms with Crippen LogP contribution in [0, 0.1) is 6.92 Å². The second-order valence-electron chi connectivity index (χ2n) is 6.14. The van der Waals surface area contributed by atoms with Gasteiger partial charge >= 0.3 is 0 Å². The minimum Gasteiger partial charge on any atom is -0.326 e. The van der Waals surface area contributed by atoms with Crippen molar-refractivity contribution in [3.8, 4) is 0 Å². The maximum absolute atomic E-state index is 12.1. The number of anilines is 1. The lowest BCUT2D eigenvalue weighted by atomic mass is 10.2. The van der Waals surface area contributed by atoms with Gasteiger partial charge in [-0.15, -0.1) is 11.3 Å². The summed E-state index contributed by atoms with van der Waals surface area (Å²) in [4.78, 5) is 16.5. The molecule has 1 amide bonds. The third-order valence-corrected chi connectivity index (χ3v) is 6.50. The minimum atomic E-state index is -3.22. The van der Waals surface area contributed by atoms with Crippen LogP contribution < -0.4 is 5.32 Å². The SMILES string of the molecule is Cc1nc2cc(NC(=O)CCCS(=O)(=O)Cc3ccccc3)ccc2s1. The number of nitrogens with one attached hydrogen (secondary N) is 1. The summed E-state index contributed by atoms with van der Waals surface area (Å²) in [5.41, 5.74) is 2.31. The molecule has 0 aliphatic carbocycles. The van der Waals surface area contributed by atoms with Crippen LogP contribution in [0.25, 0.3) is 10.2 Å². The molecule has 7 heteroatoms. The van der Waals surface area contributed by atoms with Gasteiger partial charge in [-0.25, -0.2) is 13.4 Å². The van der Waals surface area contributed by atoms with Crippen molar-refractivity contribution in [1.29, 1.82) is 0 Å². The summed E-state index contributed by atoms with van der Waals surface area (Å²) in [6.07, 6.45) is 0.473. The molecule has 0 radical (unpaired) electrons. The zero-order valence-electron chi connectivity index (χ0n) is 14.4. The minimum absolute atomic E-state index is 0.000367. The maximum atomic E-state index is 12.1. The van der Waals surface area contributed by atoms with Crippen molar-refractivity contribution < 1.29 is 13.2 Å². The Bertz CT molecular complexity index is 1010. The Labute approximate surface area is 157 Å². The van der Waals surface area contributed by atoms with Crippen LogP contribution >= 0.6 is 11.3 Å². The summed E-state index contributed by atoms with van der Waals surface area (Å²) in [5, 5.41) is 3.79. The number of sulfone groups is 1. The van der Waals surface area contributed by atoms with E-state index in [0.29, 0.717) is 12.1 Å². The number of aryl methyl sites for hydroxylation is 1. The largest absolute Gasteiger partial charge is 0.326 e. The van der Waals surface area contributed by atoms with Crippen LogP contribution in [0.2, 0.25) is 0 Å². The molecule has 0 spiro atoms. The van der Waals surface area contributed by atoms with Crippen LogP contribution in [0.1, 0.15) is 23.4 Å². The Kier molecular flexibility index (Phi) is 5.68. The van der Waals surface area contributed by atoms with E-state index < -0.39 is 9.84 Å². The van der Waals surface area contributed by atoms with Gasteiger partial charge in [0.1, 0.15) is 0 Å². The van der Waals surface area contributed by atoms with Crippen molar-refractivity contribution >= 4 is 43.0 Å². The van der Waals surface area contributed by atoms with Gasteiger partial charge in [0.2, 0.25) is 5.91 Å². The lowest BCUT2D eigenvalue weighted by Crippen LogP contribution is -2.15. The Morgan fingerprint density at radius 2 is 1.92 bits per heavy atom. The summed E-state index contributed by atoms with van der Waals surface area (Å²) in [6, 6.07) is 14.7. The maximum Gasteiger partial charge on any atom is 0.224 e. The van der Waals surface area contributed by atoms with E-state index in [4.69, 9.17) is 0 Å². The smallest absolute Gasteiger partial charge is 0.224 e. The average molecular weight is 389 g/mol. The summed E-state index contributed by atoms with van der Waals surface area (Å²) in [5.74, 6) is -0.180. The van der Waals surface area contributed by atoms with Crippen molar-refractivity contribution in [2.75, 3.05) is 11.1 Å². The van der Waals surface area contributed by atoms with Crippen LogP contribution in [0.15, 0.2) is 48.5 Å². The zero-order chi connectivity index (χ0) is 18.6. The molecule has 5 nitrogen and oxygen atoms in total. The number of amides is 1. The van der Waals surface area contributed by atoms with Crippen LogP contribution in [0.5, 0.6) is 0 Å². The molecule has 0 atom stereocenters. The van der Waals surface area contributed by atoms with E-state index in [2.05, 4.69) is 10.3 Å². The first-order valence-electron chi connectivity index (χ1n) is 8.33. The highest BCUT2D eigenvalue weighted by atomic mass is 32.2. The molecule has 1 aromatic heterocycles. The normalized spacial score (nSPS) is 11.6. The van der Waals surface area contributed by atoms with Crippen molar-refractivity contribution in [1.82, 2.24) is 4.98 Å². The van der Waals surface area contributed by atoms with Crippen LogP contribution in [0.3, 0.4) is 0 Å². The van der Waals surface area contributed by atoms with Crippen molar-refractivity contribution in [2.24, 2.45) is 0 Å². The molecule has 26 heavy (non-hydrogen) atoms.